The zero-order valence-corrected chi connectivity index (χ0v) is 24.1. The summed E-state index contributed by atoms with van der Waals surface area (Å²) in [5, 5.41) is 10.8. The Hall–Kier alpha value is -5.39. The Morgan fingerprint density at radius 1 is 0.682 bits per heavy atom. The molecular weight excluding hydrogens is 540 g/mol. The van der Waals surface area contributed by atoms with Gasteiger partial charge in [-0.3, -0.25) is 5.32 Å². The molecule has 5 heteroatoms. The second kappa shape index (κ2) is 10.1. The van der Waals surface area contributed by atoms with Crippen molar-refractivity contribution in [2.45, 2.75) is 24.8 Å². The van der Waals surface area contributed by atoms with E-state index in [-0.39, 0.29) is 18.4 Å². The van der Waals surface area contributed by atoms with Gasteiger partial charge in [-0.2, -0.15) is 0 Å². The fourth-order valence-corrected chi connectivity index (χ4v) is 7.02. The van der Waals surface area contributed by atoms with Crippen LogP contribution in [0.3, 0.4) is 0 Å². The van der Waals surface area contributed by atoms with E-state index in [9.17, 15) is 0 Å². The first-order valence-electron chi connectivity index (χ1n) is 15.3. The van der Waals surface area contributed by atoms with Crippen molar-refractivity contribution in [1.29, 1.82) is 0 Å². The second-order valence-corrected chi connectivity index (χ2v) is 11.7. The van der Waals surface area contributed by atoms with Crippen molar-refractivity contribution in [2.24, 2.45) is 4.99 Å². The lowest BCUT2D eigenvalue weighted by Gasteiger charge is -2.30. The number of nitrogens with zero attached hydrogens (tertiary/aromatic N) is 2. The molecule has 0 saturated carbocycles. The monoisotopic (exact) mass is 571 g/mol. The minimum Gasteiger partial charge on any atom is -0.456 e. The molecule has 5 nitrogen and oxygen atoms in total. The Balaban J connectivity index is 1.19. The Morgan fingerprint density at radius 2 is 1.41 bits per heavy atom. The van der Waals surface area contributed by atoms with Crippen LogP contribution in [-0.2, 0) is 0 Å². The molecule has 5 aromatic carbocycles. The number of aromatic nitrogens is 1. The first-order valence-corrected chi connectivity index (χ1v) is 15.3. The van der Waals surface area contributed by atoms with Crippen molar-refractivity contribution in [3.63, 3.8) is 0 Å². The van der Waals surface area contributed by atoms with Gasteiger partial charge in [0, 0.05) is 43.8 Å². The normalized spacial score (nSPS) is 20.2. The number of allylic oxidation sites excluding steroid dienone is 2. The number of amidine groups is 1. The third-order valence-corrected chi connectivity index (χ3v) is 9.10. The molecular formula is C39H31N4O+. The predicted octanol–water partition coefficient (Wildman–Crippen LogP) is 8.08. The summed E-state index contributed by atoms with van der Waals surface area (Å²) in [5.74, 6) is 0.931. The van der Waals surface area contributed by atoms with E-state index in [2.05, 4.69) is 143 Å². The van der Waals surface area contributed by atoms with Gasteiger partial charge in [0.2, 0.25) is 6.17 Å². The van der Waals surface area contributed by atoms with Crippen LogP contribution in [0.1, 0.15) is 35.9 Å². The number of furan rings is 1. The van der Waals surface area contributed by atoms with Crippen molar-refractivity contribution in [3.05, 3.63) is 156 Å². The van der Waals surface area contributed by atoms with E-state index in [1.54, 1.807) is 0 Å². The third kappa shape index (κ3) is 4.08. The van der Waals surface area contributed by atoms with Gasteiger partial charge in [0.1, 0.15) is 17.0 Å². The molecule has 0 amide bonds. The van der Waals surface area contributed by atoms with Gasteiger partial charge in [0.15, 0.2) is 6.17 Å². The van der Waals surface area contributed by atoms with E-state index in [0.29, 0.717) is 0 Å². The summed E-state index contributed by atoms with van der Waals surface area (Å²) in [4.78, 5) is 5.27. The largest absolute Gasteiger partial charge is 0.456 e. The summed E-state index contributed by atoms with van der Waals surface area (Å²) in [6.07, 6.45) is 7.84. The van der Waals surface area contributed by atoms with Crippen LogP contribution in [0.25, 0.3) is 43.7 Å². The van der Waals surface area contributed by atoms with E-state index in [0.717, 1.165) is 39.8 Å². The average molecular weight is 572 g/mol. The second-order valence-electron chi connectivity index (χ2n) is 11.7. The van der Waals surface area contributed by atoms with Crippen LogP contribution < -0.4 is 10.6 Å². The fraction of sp³-hybridized carbons (Fsp3) is 0.103. The molecule has 0 radical (unpaired) electrons. The number of fused-ring (bicyclic) bond motifs is 6. The minimum atomic E-state index is -0.0387. The third-order valence-electron chi connectivity index (χ3n) is 9.10. The van der Waals surface area contributed by atoms with Crippen LogP contribution in [0, 0.1) is 0 Å². The lowest BCUT2D eigenvalue weighted by atomic mass is 9.99. The first-order chi connectivity index (χ1) is 21.8. The molecule has 7 aromatic rings. The highest BCUT2D eigenvalue weighted by molar-refractivity contribution is 6.16. The summed E-state index contributed by atoms with van der Waals surface area (Å²) in [7, 11) is 0. The molecule has 2 aliphatic rings. The predicted molar refractivity (Wildman–Crippen MR) is 178 cm³/mol. The number of nitrogens with two attached hydrogens (primary N) is 1. The molecule has 3 unspecified atom stereocenters. The van der Waals surface area contributed by atoms with E-state index in [4.69, 9.17) is 9.41 Å². The van der Waals surface area contributed by atoms with Crippen LogP contribution in [0.2, 0.25) is 0 Å². The lowest BCUT2D eigenvalue weighted by molar-refractivity contribution is -0.739. The van der Waals surface area contributed by atoms with Gasteiger partial charge in [0.05, 0.1) is 11.6 Å². The Kier molecular flexibility index (Phi) is 5.78. The molecule has 0 bridgehead atoms. The standard InChI is InChI=1S/C39H30N4O/c1-3-12-25(13-4-1)37-40-38(26-14-5-2-6-15-26)42-39(41-37)27-16-11-17-28(22-27)43-33-20-9-7-18-29(33)31-24-36-32(23-34(31)43)30-19-8-10-21-35(30)44-36/h1-16,18-24,28,37-38,40H,17H2,(H,41,42)/p+1. The van der Waals surface area contributed by atoms with Gasteiger partial charge in [-0.1, -0.05) is 115 Å². The van der Waals surface area contributed by atoms with Gasteiger partial charge < -0.3 is 14.3 Å². The molecule has 2 aromatic heterocycles. The Morgan fingerprint density at radius 3 is 2.25 bits per heavy atom. The van der Waals surface area contributed by atoms with E-state index in [1.165, 1.54) is 32.9 Å². The SMILES string of the molecule is C1=CC(C2=NC(c3ccccc3)[NH2+]C(c3ccccc3)N2)=CC(n2c3ccccc3c3cc4oc5ccccc5c4cc32)C1. The van der Waals surface area contributed by atoms with Crippen LogP contribution >= 0.6 is 0 Å². The van der Waals surface area contributed by atoms with Gasteiger partial charge >= 0.3 is 0 Å². The van der Waals surface area contributed by atoms with E-state index < -0.39 is 0 Å². The van der Waals surface area contributed by atoms with Crippen molar-refractivity contribution in [2.75, 3.05) is 0 Å². The quantitative estimate of drug-likeness (QED) is 0.224. The number of para-hydroxylation sites is 2. The topological polar surface area (TPSA) is 59.1 Å². The number of quaternary nitrogens is 1. The molecule has 0 saturated heterocycles. The van der Waals surface area contributed by atoms with Gasteiger partial charge in [-0.25, -0.2) is 4.99 Å². The lowest BCUT2D eigenvalue weighted by Crippen LogP contribution is -2.90. The first kappa shape index (κ1) is 25.1. The molecule has 3 N–H and O–H groups in total. The van der Waals surface area contributed by atoms with Crippen LogP contribution in [0.5, 0.6) is 0 Å². The number of aliphatic imine (C=N–C) groups is 1. The maximum Gasteiger partial charge on any atom is 0.209 e. The molecule has 0 spiro atoms. The molecule has 1 aliphatic heterocycles. The number of hydrogen-bond acceptors (Lipinski definition) is 3. The maximum absolute atomic E-state index is 6.29. The average Bonchev–Trinajstić information content (AvgIpc) is 3.62. The summed E-state index contributed by atoms with van der Waals surface area (Å²) in [6.45, 7) is 0. The maximum atomic E-state index is 6.29. The number of rotatable bonds is 4. The number of benzene rings is 5. The van der Waals surface area contributed by atoms with Gasteiger partial charge in [-0.05, 0) is 30.7 Å². The van der Waals surface area contributed by atoms with Crippen LogP contribution in [0.4, 0.5) is 0 Å². The highest BCUT2D eigenvalue weighted by Gasteiger charge is 2.30. The molecule has 1 aliphatic carbocycles. The van der Waals surface area contributed by atoms with Crippen LogP contribution in [-0.4, -0.2) is 10.4 Å². The summed E-state index contributed by atoms with van der Waals surface area (Å²) >= 11 is 0. The number of nitrogens with one attached hydrogen (secondary N) is 1. The number of hydrogen-bond donors (Lipinski definition) is 2. The molecule has 44 heavy (non-hydrogen) atoms. The van der Waals surface area contributed by atoms with Gasteiger partial charge in [-0.15, -0.1) is 0 Å². The van der Waals surface area contributed by atoms with Crippen molar-refractivity contribution in [3.8, 4) is 0 Å². The summed E-state index contributed by atoms with van der Waals surface area (Å²) < 4.78 is 8.80. The van der Waals surface area contributed by atoms with Crippen molar-refractivity contribution < 1.29 is 9.73 Å². The van der Waals surface area contributed by atoms with Crippen LogP contribution in [0.15, 0.2) is 155 Å². The summed E-state index contributed by atoms with van der Waals surface area (Å²) in [5.41, 5.74) is 7.85. The molecule has 3 heterocycles. The molecule has 212 valence electrons. The highest BCUT2D eigenvalue weighted by atomic mass is 16.3. The zero-order chi connectivity index (χ0) is 29.0. The minimum absolute atomic E-state index is 0.0387. The molecule has 0 fully saturated rings. The molecule has 9 rings (SSSR count). The van der Waals surface area contributed by atoms with E-state index >= 15 is 0 Å². The van der Waals surface area contributed by atoms with Gasteiger partial charge in [0.25, 0.3) is 0 Å². The van der Waals surface area contributed by atoms with Crippen molar-refractivity contribution in [1.82, 2.24) is 9.88 Å². The fourth-order valence-electron chi connectivity index (χ4n) is 7.02. The highest BCUT2D eigenvalue weighted by Crippen LogP contribution is 2.40. The van der Waals surface area contributed by atoms with Crippen molar-refractivity contribution >= 4 is 49.6 Å². The Bertz CT molecular complexity index is 2270. The van der Waals surface area contributed by atoms with E-state index in [1.807, 2.05) is 12.1 Å². The smallest absolute Gasteiger partial charge is 0.209 e. The molecule has 3 atom stereocenters. The zero-order valence-electron chi connectivity index (χ0n) is 24.1. The summed E-state index contributed by atoms with van der Waals surface area (Å²) in [6, 6.07) is 43.0. The Labute approximate surface area is 254 Å².